The average molecular weight is 317 g/mol. The van der Waals surface area contributed by atoms with Crippen LogP contribution in [0.2, 0.25) is 0 Å². The number of ether oxygens (including phenoxy) is 2. The van der Waals surface area contributed by atoms with E-state index in [1.807, 2.05) is 0 Å². The summed E-state index contributed by atoms with van der Waals surface area (Å²) in [4.78, 5) is 14.1. The zero-order valence-corrected chi connectivity index (χ0v) is 13.5. The molecule has 0 spiro atoms. The van der Waals surface area contributed by atoms with Crippen LogP contribution >= 0.6 is 0 Å². The Morgan fingerprint density at radius 3 is 2.52 bits per heavy atom. The van der Waals surface area contributed by atoms with E-state index >= 15 is 0 Å². The molecule has 0 saturated carbocycles. The lowest BCUT2D eigenvalue weighted by Gasteiger charge is -2.19. The molecule has 0 aliphatic carbocycles. The van der Waals surface area contributed by atoms with Crippen LogP contribution in [0.5, 0.6) is 11.5 Å². The van der Waals surface area contributed by atoms with Gasteiger partial charge in [-0.15, -0.1) is 0 Å². The molecule has 0 fully saturated rings. The van der Waals surface area contributed by atoms with Crippen LogP contribution in [0.15, 0.2) is 42.5 Å². The largest absolute Gasteiger partial charge is 0.497 e. The van der Waals surface area contributed by atoms with E-state index in [0.717, 1.165) is 0 Å². The Kier molecular flexibility index (Phi) is 5.57. The summed E-state index contributed by atoms with van der Waals surface area (Å²) in [6, 6.07) is 11.6. The SMILES string of the molecule is COc1ccc(C(=O)N(C)CCc2ccccc2F)c(OC)c1. The molecule has 0 aromatic heterocycles. The Morgan fingerprint density at radius 2 is 1.87 bits per heavy atom. The summed E-state index contributed by atoms with van der Waals surface area (Å²) in [6.07, 6.45) is 0.452. The molecule has 0 aliphatic rings. The Hall–Kier alpha value is -2.56. The van der Waals surface area contributed by atoms with Crippen molar-refractivity contribution in [3.8, 4) is 11.5 Å². The topological polar surface area (TPSA) is 38.8 Å². The number of halogens is 1. The molecule has 1 amide bonds. The maximum absolute atomic E-state index is 13.6. The Balaban J connectivity index is 2.09. The highest BCUT2D eigenvalue weighted by atomic mass is 19.1. The zero-order valence-electron chi connectivity index (χ0n) is 13.5. The van der Waals surface area contributed by atoms with Gasteiger partial charge in [-0.2, -0.15) is 0 Å². The number of carbonyl (C=O) groups excluding carboxylic acids is 1. The highest BCUT2D eigenvalue weighted by molar-refractivity contribution is 5.97. The first-order chi connectivity index (χ1) is 11.1. The highest BCUT2D eigenvalue weighted by Gasteiger charge is 2.17. The smallest absolute Gasteiger partial charge is 0.257 e. The highest BCUT2D eigenvalue weighted by Crippen LogP contribution is 2.25. The van der Waals surface area contributed by atoms with E-state index in [-0.39, 0.29) is 11.7 Å². The third kappa shape index (κ3) is 4.00. The Labute approximate surface area is 135 Å². The van der Waals surface area contributed by atoms with E-state index in [1.165, 1.54) is 13.2 Å². The van der Waals surface area contributed by atoms with Crippen molar-refractivity contribution in [1.29, 1.82) is 0 Å². The van der Waals surface area contributed by atoms with Crippen molar-refractivity contribution in [2.45, 2.75) is 6.42 Å². The maximum Gasteiger partial charge on any atom is 0.257 e. The molecule has 0 N–H and O–H groups in total. The molecule has 0 saturated heterocycles. The van der Waals surface area contributed by atoms with Crippen molar-refractivity contribution in [2.75, 3.05) is 27.8 Å². The number of hydrogen-bond acceptors (Lipinski definition) is 3. The molecule has 0 atom stereocenters. The number of nitrogens with zero attached hydrogens (tertiary/aromatic N) is 1. The molecule has 23 heavy (non-hydrogen) atoms. The predicted octanol–water partition coefficient (Wildman–Crippen LogP) is 3.16. The van der Waals surface area contributed by atoms with E-state index in [0.29, 0.717) is 35.6 Å². The van der Waals surface area contributed by atoms with Crippen molar-refractivity contribution in [1.82, 2.24) is 4.90 Å². The van der Waals surface area contributed by atoms with Gasteiger partial charge >= 0.3 is 0 Å². The van der Waals surface area contributed by atoms with Gasteiger partial charge in [0.2, 0.25) is 0 Å². The third-order valence-electron chi connectivity index (χ3n) is 3.66. The van der Waals surface area contributed by atoms with Crippen molar-refractivity contribution < 1.29 is 18.7 Å². The molecule has 0 bridgehead atoms. The number of likely N-dealkylation sites (N-methyl/N-ethyl adjacent to an activating group) is 1. The van der Waals surface area contributed by atoms with Gasteiger partial charge in [-0.3, -0.25) is 4.79 Å². The van der Waals surface area contributed by atoms with E-state index in [2.05, 4.69) is 0 Å². The fraction of sp³-hybridized carbons (Fsp3) is 0.278. The normalized spacial score (nSPS) is 10.3. The molecule has 0 heterocycles. The number of benzene rings is 2. The summed E-state index contributed by atoms with van der Waals surface area (Å²) in [6.45, 7) is 0.412. The lowest BCUT2D eigenvalue weighted by molar-refractivity contribution is 0.0793. The number of hydrogen-bond donors (Lipinski definition) is 0. The second-order valence-electron chi connectivity index (χ2n) is 5.13. The van der Waals surface area contributed by atoms with Crippen LogP contribution in [0.3, 0.4) is 0 Å². The van der Waals surface area contributed by atoms with Crippen LogP contribution in [0.25, 0.3) is 0 Å². The Bertz CT molecular complexity index is 688. The molecule has 2 rings (SSSR count). The average Bonchev–Trinajstić information content (AvgIpc) is 2.59. The van der Waals surface area contributed by atoms with Crippen LogP contribution < -0.4 is 9.47 Å². The van der Waals surface area contributed by atoms with E-state index in [4.69, 9.17) is 9.47 Å². The molecule has 0 radical (unpaired) electrons. The summed E-state index contributed by atoms with van der Waals surface area (Å²) in [5.41, 5.74) is 1.04. The van der Waals surface area contributed by atoms with Crippen LogP contribution in [0.4, 0.5) is 4.39 Å². The van der Waals surface area contributed by atoms with Crippen LogP contribution in [0.1, 0.15) is 15.9 Å². The molecule has 0 aliphatic heterocycles. The minimum atomic E-state index is -0.254. The summed E-state index contributed by atoms with van der Waals surface area (Å²) in [5.74, 6) is 0.635. The predicted molar refractivity (Wildman–Crippen MR) is 86.6 cm³/mol. The molecule has 4 nitrogen and oxygen atoms in total. The molecule has 122 valence electrons. The van der Waals surface area contributed by atoms with Gasteiger partial charge < -0.3 is 14.4 Å². The Morgan fingerprint density at radius 1 is 1.13 bits per heavy atom. The van der Waals surface area contributed by atoms with Gasteiger partial charge in [0.15, 0.2) is 0 Å². The van der Waals surface area contributed by atoms with E-state index < -0.39 is 0 Å². The summed E-state index contributed by atoms with van der Waals surface area (Å²) >= 11 is 0. The van der Waals surface area contributed by atoms with Crippen molar-refractivity contribution in [3.63, 3.8) is 0 Å². The maximum atomic E-state index is 13.6. The summed E-state index contributed by atoms with van der Waals surface area (Å²) in [5, 5.41) is 0. The van der Waals surface area contributed by atoms with Gasteiger partial charge in [0.1, 0.15) is 17.3 Å². The van der Waals surface area contributed by atoms with Crippen LogP contribution in [-0.4, -0.2) is 38.6 Å². The molecule has 0 unspecified atom stereocenters. The van der Waals surface area contributed by atoms with Crippen LogP contribution in [-0.2, 0) is 6.42 Å². The summed E-state index contributed by atoms with van der Waals surface area (Å²) in [7, 11) is 4.74. The molecular formula is C18H20FNO3. The number of amides is 1. The number of carbonyl (C=O) groups is 1. The van der Waals surface area contributed by atoms with Gasteiger partial charge in [-0.05, 0) is 30.2 Å². The van der Waals surface area contributed by atoms with E-state index in [1.54, 1.807) is 55.5 Å². The van der Waals surface area contributed by atoms with E-state index in [9.17, 15) is 9.18 Å². The van der Waals surface area contributed by atoms with Gasteiger partial charge in [0.25, 0.3) is 5.91 Å². The minimum absolute atomic E-state index is 0.180. The molecule has 2 aromatic rings. The van der Waals surface area contributed by atoms with Gasteiger partial charge in [-0.25, -0.2) is 4.39 Å². The van der Waals surface area contributed by atoms with Crippen LogP contribution in [0, 0.1) is 5.82 Å². The van der Waals surface area contributed by atoms with Crippen molar-refractivity contribution in [2.24, 2.45) is 0 Å². The van der Waals surface area contributed by atoms with Crippen molar-refractivity contribution >= 4 is 5.91 Å². The number of rotatable bonds is 6. The molecule has 2 aromatic carbocycles. The zero-order chi connectivity index (χ0) is 16.8. The fourth-order valence-electron chi connectivity index (χ4n) is 2.27. The first-order valence-corrected chi connectivity index (χ1v) is 7.27. The standard InChI is InChI=1S/C18H20FNO3/c1-20(11-10-13-6-4-5-7-16(13)19)18(21)15-9-8-14(22-2)12-17(15)23-3/h4-9,12H,10-11H2,1-3H3. The van der Waals surface area contributed by atoms with Gasteiger partial charge in [0, 0.05) is 19.7 Å². The second kappa shape index (κ2) is 7.63. The lowest BCUT2D eigenvalue weighted by Crippen LogP contribution is -2.29. The second-order valence-corrected chi connectivity index (χ2v) is 5.13. The quantitative estimate of drug-likeness (QED) is 0.821. The minimum Gasteiger partial charge on any atom is -0.497 e. The first-order valence-electron chi connectivity index (χ1n) is 7.27. The first kappa shape index (κ1) is 16.8. The number of methoxy groups -OCH3 is 2. The monoisotopic (exact) mass is 317 g/mol. The van der Waals surface area contributed by atoms with Crippen molar-refractivity contribution in [3.05, 3.63) is 59.4 Å². The molecular weight excluding hydrogens is 297 g/mol. The van der Waals surface area contributed by atoms with Gasteiger partial charge in [0.05, 0.1) is 19.8 Å². The lowest BCUT2D eigenvalue weighted by atomic mass is 10.1. The molecule has 5 heteroatoms. The fourth-order valence-corrected chi connectivity index (χ4v) is 2.27. The van der Waals surface area contributed by atoms with Gasteiger partial charge in [-0.1, -0.05) is 18.2 Å². The summed E-state index contributed by atoms with van der Waals surface area (Å²) < 4.78 is 24.0. The third-order valence-corrected chi connectivity index (χ3v) is 3.66.